The number of benzene rings is 1. The second-order valence-electron chi connectivity index (χ2n) is 9.81. The fraction of sp³-hybridized carbons (Fsp3) is 0.462. The lowest BCUT2D eigenvalue weighted by Gasteiger charge is -2.47. The van der Waals surface area contributed by atoms with E-state index in [-0.39, 0.29) is 41.6 Å². The van der Waals surface area contributed by atoms with Crippen LogP contribution in [0.5, 0.6) is 0 Å². The Kier molecular flexibility index (Phi) is 6.06. The highest BCUT2D eigenvalue weighted by atomic mass is 32.2. The molecule has 34 heavy (non-hydrogen) atoms. The van der Waals surface area contributed by atoms with Crippen LogP contribution >= 0.6 is 0 Å². The maximum Gasteiger partial charge on any atom is 0.309 e. The number of aromatic nitrogens is 1. The van der Waals surface area contributed by atoms with Crippen LogP contribution in [0.25, 0.3) is 17.2 Å². The third-order valence-corrected chi connectivity index (χ3v) is 9.03. The number of cyclic esters (lactones) is 1. The van der Waals surface area contributed by atoms with Gasteiger partial charge in [-0.25, -0.2) is 17.1 Å². The van der Waals surface area contributed by atoms with E-state index in [9.17, 15) is 17.6 Å². The zero-order valence-electron chi connectivity index (χ0n) is 19.3. The zero-order chi connectivity index (χ0) is 24.0. The molecule has 6 nitrogen and oxygen atoms in total. The predicted molar refractivity (Wildman–Crippen MR) is 127 cm³/mol. The first-order chi connectivity index (χ1) is 16.2. The number of hydrogen-bond acceptors (Lipinski definition) is 5. The van der Waals surface area contributed by atoms with Crippen LogP contribution < -0.4 is 0 Å². The van der Waals surface area contributed by atoms with Crippen molar-refractivity contribution in [2.45, 2.75) is 25.9 Å². The van der Waals surface area contributed by atoms with Gasteiger partial charge in [0.1, 0.15) is 11.9 Å². The molecule has 1 saturated carbocycles. The number of pyridine rings is 1. The van der Waals surface area contributed by atoms with Gasteiger partial charge in [0.2, 0.25) is 10.0 Å². The molecule has 2 aliphatic heterocycles. The van der Waals surface area contributed by atoms with Gasteiger partial charge in [-0.2, -0.15) is 0 Å². The lowest BCUT2D eigenvalue weighted by atomic mass is 9.59. The normalized spacial score (nSPS) is 31.8. The number of fused-ring (bicyclic) bond motifs is 2. The van der Waals surface area contributed by atoms with Crippen molar-refractivity contribution >= 4 is 22.1 Å². The van der Waals surface area contributed by atoms with Crippen LogP contribution in [0.15, 0.2) is 48.7 Å². The first kappa shape index (κ1) is 23.2. The number of carbonyl (C=O) groups excluding carboxylic acids is 1. The first-order valence-corrected chi connectivity index (χ1v) is 13.6. The van der Waals surface area contributed by atoms with Gasteiger partial charge in [0.25, 0.3) is 0 Å². The summed E-state index contributed by atoms with van der Waals surface area (Å²) in [5.41, 5.74) is 2.39. The van der Waals surface area contributed by atoms with Crippen molar-refractivity contribution in [1.82, 2.24) is 9.29 Å². The van der Waals surface area contributed by atoms with Crippen LogP contribution in [0.1, 0.15) is 25.5 Å². The number of carbonyl (C=O) groups is 1. The fourth-order valence-electron chi connectivity index (χ4n) is 6.18. The Hall–Kier alpha value is -2.58. The lowest BCUT2D eigenvalue weighted by Crippen LogP contribution is -2.51. The maximum atomic E-state index is 13.5. The SMILES string of the molecule is C[C@H]1OC(=O)C2CC3CN(S(C)(=O)=O)CCC3C(/C=C/c3ccc(-c4cccc(F)c4)cn3)C21. The quantitative estimate of drug-likeness (QED) is 0.614. The first-order valence-electron chi connectivity index (χ1n) is 11.8. The van der Waals surface area contributed by atoms with Crippen molar-refractivity contribution in [1.29, 1.82) is 0 Å². The number of allylic oxidation sites excluding steroid dienone is 1. The van der Waals surface area contributed by atoms with Crippen molar-refractivity contribution in [3.8, 4) is 11.1 Å². The molecule has 3 heterocycles. The Bertz CT molecular complexity index is 1210. The van der Waals surface area contributed by atoms with Gasteiger partial charge in [-0.3, -0.25) is 9.78 Å². The maximum absolute atomic E-state index is 13.5. The summed E-state index contributed by atoms with van der Waals surface area (Å²) in [6.07, 6.45) is 8.39. The molecule has 0 bridgehead atoms. The van der Waals surface area contributed by atoms with E-state index in [2.05, 4.69) is 11.1 Å². The molecule has 5 rings (SSSR count). The Morgan fingerprint density at radius 2 is 2.03 bits per heavy atom. The van der Waals surface area contributed by atoms with Crippen LogP contribution in [0.2, 0.25) is 0 Å². The second kappa shape index (κ2) is 8.89. The van der Waals surface area contributed by atoms with Gasteiger partial charge in [-0.15, -0.1) is 0 Å². The predicted octanol–water partition coefficient (Wildman–Crippen LogP) is 4.00. The number of piperidine rings is 1. The average Bonchev–Trinajstić information content (AvgIpc) is 3.09. The molecule has 6 atom stereocenters. The van der Waals surface area contributed by atoms with Gasteiger partial charge in [-0.1, -0.05) is 24.3 Å². The number of hydrogen-bond donors (Lipinski definition) is 0. The van der Waals surface area contributed by atoms with Crippen molar-refractivity contribution < 1.29 is 22.3 Å². The van der Waals surface area contributed by atoms with Crippen molar-refractivity contribution in [3.63, 3.8) is 0 Å². The van der Waals surface area contributed by atoms with E-state index < -0.39 is 10.0 Å². The molecule has 8 heteroatoms. The second-order valence-corrected chi connectivity index (χ2v) is 11.8. The molecular weight excluding hydrogens is 455 g/mol. The summed E-state index contributed by atoms with van der Waals surface area (Å²) in [7, 11) is -3.26. The number of esters is 1. The minimum Gasteiger partial charge on any atom is -0.462 e. The minimum absolute atomic E-state index is 0.0846. The standard InChI is InChI=1S/C26H29FN2O4S/c1-16-25-23(9-8-21-7-6-18(14-28-21)17-4-3-5-20(27)12-17)22-10-11-29(34(2,31)32)15-19(22)13-24(25)26(30)33-16/h3-9,12,14,16,19,22-25H,10-11,13,15H2,1-2H3/b9-8+/t16-,19?,22?,23?,24?,25?/m1/s1. The summed E-state index contributed by atoms with van der Waals surface area (Å²) in [6.45, 7) is 2.92. The van der Waals surface area contributed by atoms with Gasteiger partial charge < -0.3 is 4.74 Å². The Morgan fingerprint density at radius 1 is 1.21 bits per heavy atom. The highest BCUT2D eigenvalue weighted by molar-refractivity contribution is 7.88. The Labute approximate surface area is 199 Å². The average molecular weight is 485 g/mol. The van der Waals surface area contributed by atoms with Gasteiger partial charge in [-0.05, 0) is 67.4 Å². The molecule has 0 radical (unpaired) electrons. The van der Waals surface area contributed by atoms with Crippen LogP contribution in [-0.4, -0.2) is 49.1 Å². The smallest absolute Gasteiger partial charge is 0.309 e. The minimum atomic E-state index is -3.26. The van der Waals surface area contributed by atoms with Crippen molar-refractivity contribution in [2.24, 2.45) is 29.6 Å². The summed E-state index contributed by atoms with van der Waals surface area (Å²) in [5, 5.41) is 0. The molecule has 1 aromatic carbocycles. The van der Waals surface area contributed by atoms with Gasteiger partial charge in [0.15, 0.2) is 0 Å². The molecule has 0 N–H and O–H groups in total. The highest BCUT2D eigenvalue weighted by Crippen LogP contribution is 2.51. The molecule has 0 spiro atoms. The number of halogens is 1. The number of ether oxygens (including phenoxy) is 1. The summed E-state index contributed by atoms with van der Waals surface area (Å²) < 4.78 is 45.0. The molecule has 5 unspecified atom stereocenters. The van der Waals surface area contributed by atoms with Gasteiger partial charge in [0.05, 0.1) is 17.9 Å². The molecule has 1 aliphatic carbocycles. The molecule has 2 saturated heterocycles. The van der Waals surface area contributed by atoms with E-state index in [1.165, 1.54) is 18.4 Å². The topological polar surface area (TPSA) is 76.6 Å². The van der Waals surface area contributed by atoms with Crippen molar-refractivity contribution in [2.75, 3.05) is 19.3 Å². The lowest BCUT2D eigenvalue weighted by molar-refractivity contribution is -0.144. The van der Waals surface area contributed by atoms with E-state index >= 15 is 0 Å². The van der Waals surface area contributed by atoms with Crippen LogP contribution in [0, 0.1) is 35.4 Å². The van der Waals surface area contributed by atoms with E-state index in [1.807, 2.05) is 31.2 Å². The number of rotatable bonds is 4. The Balaban J connectivity index is 1.40. The summed E-state index contributed by atoms with van der Waals surface area (Å²) >= 11 is 0. The van der Waals surface area contributed by atoms with Crippen molar-refractivity contribution in [3.05, 3.63) is 60.2 Å². The summed E-state index contributed by atoms with van der Waals surface area (Å²) in [6, 6.07) is 10.2. The third kappa shape index (κ3) is 4.41. The van der Waals surface area contributed by atoms with E-state index in [4.69, 9.17) is 4.74 Å². The Morgan fingerprint density at radius 3 is 2.74 bits per heavy atom. The van der Waals surface area contributed by atoms with Crippen LogP contribution in [0.4, 0.5) is 4.39 Å². The highest BCUT2D eigenvalue weighted by Gasteiger charge is 2.54. The molecule has 3 aliphatic rings. The molecule has 1 aromatic heterocycles. The van der Waals surface area contributed by atoms with Crippen LogP contribution in [-0.2, 0) is 19.6 Å². The monoisotopic (exact) mass is 484 g/mol. The van der Waals surface area contributed by atoms with E-state index in [0.717, 1.165) is 23.2 Å². The number of nitrogens with zero attached hydrogens (tertiary/aromatic N) is 2. The molecular formula is C26H29FN2O4S. The van der Waals surface area contributed by atoms with E-state index in [1.54, 1.807) is 16.6 Å². The molecule has 180 valence electrons. The summed E-state index contributed by atoms with van der Waals surface area (Å²) in [4.78, 5) is 17.1. The summed E-state index contributed by atoms with van der Waals surface area (Å²) in [5.74, 6) is -0.0399. The molecule has 3 fully saturated rings. The van der Waals surface area contributed by atoms with Gasteiger partial charge >= 0.3 is 5.97 Å². The fourth-order valence-corrected chi connectivity index (χ4v) is 7.08. The van der Waals surface area contributed by atoms with Gasteiger partial charge in [0, 0.05) is 30.8 Å². The third-order valence-electron chi connectivity index (χ3n) is 7.76. The molecule has 2 aromatic rings. The largest absolute Gasteiger partial charge is 0.462 e. The van der Waals surface area contributed by atoms with Crippen LogP contribution in [0.3, 0.4) is 0 Å². The number of sulfonamides is 1. The van der Waals surface area contributed by atoms with E-state index in [0.29, 0.717) is 25.4 Å². The zero-order valence-corrected chi connectivity index (χ0v) is 20.1. The molecule has 0 amide bonds.